The average Bonchev–Trinajstić information content (AvgIpc) is 2.65. The largest absolute Gasteiger partial charge is 0.314 e. The van der Waals surface area contributed by atoms with Gasteiger partial charge in [0.25, 0.3) is 5.69 Å². The molecule has 0 fully saturated rings. The second-order valence-corrected chi connectivity index (χ2v) is 8.01. The molecule has 0 radical (unpaired) electrons. The van der Waals surface area contributed by atoms with Crippen molar-refractivity contribution in [3.05, 3.63) is 39.9 Å². The molecule has 0 aromatic heterocycles. The van der Waals surface area contributed by atoms with Crippen LogP contribution >= 0.6 is 0 Å². The van der Waals surface area contributed by atoms with Gasteiger partial charge in [-0.15, -0.1) is 0 Å². The van der Waals surface area contributed by atoms with E-state index in [-0.39, 0.29) is 10.6 Å². The van der Waals surface area contributed by atoms with Crippen LogP contribution in [0.4, 0.5) is 5.69 Å². The summed E-state index contributed by atoms with van der Waals surface area (Å²) in [4.78, 5) is 10.5. The topological polar surface area (TPSA) is 55.2 Å². The lowest BCUT2D eigenvalue weighted by molar-refractivity contribution is -0.384. The van der Waals surface area contributed by atoms with Gasteiger partial charge in [-0.05, 0) is 56.0 Å². The first-order valence-electron chi connectivity index (χ1n) is 11.0. The molecule has 1 rings (SSSR count). The first kappa shape index (κ1) is 23.6. The molecule has 0 aliphatic heterocycles. The van der Waals surface area contributed by atoms with E-state index >= 15 is 0 Å². The molecule has 0 saturated heterocycles. The molecule has 4 heteroatoms. The van der Waals surface area contributed by atoms with Gasteiger partial charge in [-0.3, -0.25) is 10.1 Å². The van der Waals surface area contributed by atoms with Crippen molar-refractivity contribution < 1.29 is 4.92 Å². The molecule has 0 spiro atoms. The van der Waals surface area contributed by atoms with Crippen molar-refractivity contribution in [3.8, 4) is 0 Å². The van der Waals surface area contributed by atoms with Crippen molar-refractivity contribution in [2.24, 2.45) is 5.92 Å². The van der Waals surface area contributed by atoms with Gasteiger partial charge in [-0.25, -0.2) is 0 Å². The molecule has 1 aromatic rings. The minimum atomic E-state index is -0.326. The number of non-ortho nitro benzene ring substituents is 1. The molecule has 0 bridgehead atoms. The fourth-order valence-corrected chi connectivity index (χ4v) is 3.95. The predicted octanol–water partition coefficient (Wildman–Crippen LogP) is 6.84. The van der Waals surface area contributed by atoms with Crippen LogP contribution in [0.1, 0.15) is 97.0 Å². The molecule has 3 atom stereocenters. The Kier molecular flexibility index (Phi) is 12.0. The maximum atomic E-state index is 10.8. The lowest BCUT2D eigenvalue weighted by Gasteiger charge is -2.21. The smallest absolute Gasteiger partial charge is 0.269 e. The molecular formula is C23H40N2O2. The van der Waals surface area contributed by atoms with Gasteiger partial charge in [0.05, 0.1) is 4.92 Å². The van der Waals surface area contributed by atoms with Crippen LogP contribution in [0.3, 0.4) is 0 Å². The van der Waals surface area contributed by atoms with E-state index in [2.05, 4.69) is 33.0 Å². The predicted molar refractivity (Wildman–Crippen MR) is 115 cm³/mol. The molecule has 154 valence electrons. The van der Waals surface area contributed by atoms with Gasteiger partial charge in [-0.1, -0.05) is 65.5 Å². The summed E-state index contributed by atoms with van der Waals surface area (Å²) in [5.74, 6) is 1.31. The summed E-state index contributed by atoms with van der Waals surface area (Å²) in [5, 5.41) is 14.6. The third-order valence-corrected chi connectivity index (χ3v) is 5.66. The monoisotopic (exact) mass is 376 g/mol. The number of nitrogens with zero attached hydrogens (tertiary/aromatic N) is 1. The van der Waals surface area contributed by atoms with Gasteiger partial charge in [0.15, 0.2) is 0 Å². The lowest BCUT2D eigenvalue weighted by Crippen LogP contribution is -2.30. The minimum absolute atomic E-state index is 0.179. The zero-order valence-corrected chi connectivity index (χ0v) is 17.9. The highest BCUT2D eigenvalue weighted by molar-refractivity contribution is 5.34. The number of benzene rings is 1. The summed E-state index contributed by atoms with van der Waals surface area (Å²) in [5.41, 5.74) is 1.41. The molecule has 3 unspecified atom stereocenters. The summed E-state index contributed by atoms with van der Waals surface area (Å²) < 4.78 is 0. The van der Waals surface area contributed by atoms with E-state index in [9.17, 15) is 10.1 Å². The van der Waals surface area contributed by atoms with E-state index in [1.54, 1.807) is 12.1 Å². The Morgan fingerprint density at radius 1 is 0.963 bits per heavy atom. The van der Waals surface area contributed by atoms with Gasteiger partial charge in [0.2, 0.25) is 0 Å². The third kappa shape index (κ3) is 9.37. The zero-order valence-electron chi connectivity index (χ0n) is 17.9. The van der Waals surface area contributed by atoms with Gasteiger partial charge in [0.1, 0.15) is 0 Å². The quantitative estimate of drug-likeness (QED) is 0.269. The SMILES string of the molecule is CCCC(C)CCNC(CCC)CCCC(CC)c1ccc([N+](=O)[O-])cc1. The van der Waals surface area contributed by atoms with Gasteiger partial charge < -0.3 is 5.32 Å². The van der Waals surface area contributed by atoms with Crippen LogP contribution in [-0.4, -0.2) is 17.5 Å². The van der Waals surface area contributed by atoms with Crippen LogP contribution < -0.4 is 5.32 Å². The van der Waals surface area contributed by atoms with Gasteiger partial charge in [-0.2, -0.15) is 0 Å². The fourth-order valence-electron chi connectivity index (χ4n) is 3.95. The Hall–Kier alpha value is -1.42. The Morgan fingerprint density at radius 2 is 1.63 bits per heavy atom. The fraction of sp³-hybridized carbons (Fsp3) is 0.739. The molecule has 0 aliphatic rings. The van der Waals surface area contributed by atoms with Crippen LogP contribution in [0, 0.1) is 16.0 Å². The first-order valence-corrected chi connectivity index (χ1v) is 11.0. The van der Waals surface area contributed by atoms with E-state index < -0.39 is 0 Å². The van der Waals surface area contributed by atoms with Gasteiger partial charge >= 0.3 is 0 Å². The van der Waals surface area contributed by atoms with E-state index in [0.29, 0.717) is 12.0 Å². The Balaban J connectivity index is 2.43. The number of nitrogens with one attached hydrogen (secondary N) is 1. The van der Waals surface area contributed by atoms with E-state index in [1.165, 1.54) is 50.5 Å². The highest BCUT2D eigenvalue weighted by atomic mass is 16.6. The lowest BCUT2D eigenvalue weighted by atomic mass is 9.90. The highest BCUT2D eigenvalue weighted by Gasteiger charge is 2.14. The normalized spacial score (nSPS) is 14.7. The highest BCUT2D eigenvalue weighted by Crippen LogP contribution is 2.27. The second kappa shape index (κ2) is 13.7. The van der Waals surface area contributed by atoms with Crippen molar-refractivity contribution in [1.29, 1.82) is 0 Å². The molecule has 0 saturated carbocycles. The molecular weight excluding hydrogens is 336 g/mol. The second-order valence-electron chi connectivity index (χ2n) is 8.01. The van der Waals surface area contributed by atoms with Crippen LogP contribution in [0.2, 0.25) is 0 Å². The average molecular weight is 377 g/mol. The van der Waals surface area contributed by atoms with E-state index in [4.69, 9.17) is 0 Å². The Morgan fingerprint density at radius 3 is 2.19 bits per heavy atom. The summed E-state index contributed by atoms with van der Waals surface area (Å²) in [6.45, 7) is 10.2. The zero-order chi connectivity index (χ0) is 20.1. The number of rotatable bonds is 15. The number of nitro groups is 1. The summed E-state index contributed by atoms with van der Waals surface area (Å²) >= 11 is 0. The van der Waals surface area contributed by atoms with Crippen LogP contribution in [0.25, 0.3) is 0 Å². The first-order chi connectivity index (χ1) is 13.0. The van der Waals surface area contributed by atoms with Gasteiger partial charge in [0, 0.05) is 18.2 Å². The molecule has 27 heavy (non-hydrogen) atoms. The maximum absolute atomic E-state index is 10.8. The van der Waals surface area contributed by atoms with Crippen molar-refractivity contribution in [1.82, 2.24) is 5.32 Å². The molecule has 0 aliphatic carbocycles. The Labute approximate surface area is 166 Å². The van der Waals surface area contributed by atoms with Crippen molar-refractivity contribution in [2.45, 2.75) is 97.4 Å². The molecule has 4 nitrogen and oxygen atoms in total. The minimum Gasteiger partial charge on any atom is -0.314 e. The van der Waals surface area contributed by atoms with Crippen molar-refractivity contribution in [3.63, 3.8) is 0 Å². The summed E-state index contributed by atoms with van der Waals surface area (Å²) in [6, 6.07) is 7.76. The molecule has 0 heterocycles. The van der Waals surface area contributed by atoms with Crippen molar-refractivity contribution in [2.75, 3.05) is 6.54 Å². The van der Waals surface area contributed by atoms with Crippen LogP contribution in [0.5, 0.6) is 0 Å². The van der Waals surface area contributed by atoms with Crippen LogP contribution in [-0.2, 0) is 0 Å². The van der Waals surface area contributed by atoms with E-state index in [0.717, 1.165) is 25.3 Å². The summed E-state index contributed by atoms with van der Waals surface area (Å²) in [7, 11) is 0. The number of hydrogen-bond acceptors (Lipinski definition) is 3. The summed E-state index contributed by atoms with van der Waals surface area (Å²) in [6.07, 6.45) is 11.0. The third-order valence-electron chi connectivity index (χ3n) is 5.66. The van der Waals surface area contributed by atoms with Crippen molar-refractivity contribution >= 4 is 5.69 Å². The Bertz CT molecular complexity index is 516. The molecule has 0 amide bonds. The standard InChI is InChI=1S/C23H40N2O2/c1-5-9-19(4)17-18-24-22(10-6-2)12-8-11-20(7-3)21-13-15-23(16-14-21)25(26)27/h13-16,19-20,22,24H,5-12,17-18H2,1-4H3. The molecule has 1 N–H and O–H groups in total. The maximum Gasteiger partial charge on any atom is 0.269 e. The molecule has 1 aromatic carbocycles. The van der Waals surface area contributed by atoms with E-state index in [1.807, 2.05) is 12.1 Å². The van der Waals surface area contributed by atoms with Crippen LogP contribution in [0.15, 0.2) is 24.3 Å². The number of hydrogen-bond donors (Lipinski definition) is 1. The number of nitro benzene ring substituents is 1.